The van der Waals surface area contributed by atoms with E-state index in [2.05, 4.69) is 12.2 Å². The Hall–Kier alpha value is -0.930. The molecule has 1 N–H and O–H groups in total. The van der Waals surface area contributed by atoms with Gasteiger partial charge in [0.15, 0.2) is 0 Å². The molecule has 1 aliphatic heterocycles. The summed E-state index contributed by atoms with van der Waals surface area (Å²) in [5.41, 5.74) is 0.642. The predicted molar refractivity (Wildman–Crippen MR) is 57.2 cm³/mol. The van der Waals surface area contributed by atoms with Crippen LogP contribution in [0.1, 0.15) is 25.5 Å². The second-order valence-electron chi connectivity index (χ2n) is 4.05. The summed E-state index contributed by atoms with van der Waals surface area (Å²) >= 11 is 0. The highest BCUT2D eigenvalue weighted by Gasteiger charge is 2.26. The first kappa shape index (κ1) is 10.6. The van der Waals surface area contributed by atoms with Gasteiger partial charge < -0.3 is 10.1 Å². The molecule has 1 aliphatic rings. The van der Waals surface area contributed by atoms with Crippen molar-refractivity contribution in [2.75, 3.05) is 6.54 Å². The summed E-state index contributed by atoms with van der Waals surface area (Å²) in [5.74, 6) is -0.189. The average molecular weight is 209 g/mol. The van der Waals surface area contributed by atoms with Crippen molar-refractivity contribution in [3.8, 4) is 0 Å². The molecule has 2 rings (SSSR count). The summed E-state index contributed by atoms with van der Waals surface area (Å²) in [6.45, 7) is 4.75. The van der Waals surface area contributed by atoms with Crippen molar-refractivity contribution < 1.29 is 9.13 Å². The number of benzene rings is 1. The molecule has 1 aromatic rings. The predicted octanol–water partition coefficient (Wildman–Crippen LogP) is 2.26. The molecule has 0 saturated carbocycles. The van der Waals surface area contributed by atoms with Crippen LogP contribution in [0.3, 0.4) is 0 Å². The number of hydrogen-bond donors (Lipinski definition) is 1. The third-order valence-electron chi connectivity index (χ3n) is 2.96. The maximum atomic E-state index is 13.5. The van der Waals surface area contributed by atoms with E-state index < -0.39 is 0 Å². The fraction of sp³-hybridized carbons (Fsp3) is 0.500. The first-order valence-electron chi connectivity index (χ1n) is 5.31. The Morgan fingerprint density at radius 1 is 1.33 bits per heavy atom. The van der Waals surface area contributed by atoms with Gasteiger partial charge in [0, 0.05) is 18.2 Å². The van der Waals surface area contributed by atoms with E-state index in [1.807, 2.05) is 13.0 Å². The van der Waals surface area contributed by atoms with Gasteiger partial charge in [-0.15, -0.1) is 0 Å². The minimum atomic E-state index is -0.189. The Morgan fingerprint density at radius 3 is 2.73 bits per heavy atom. The molecule has 0 aliphatic carbocycles. The van der Waals surface area contributed by atoms with E-state index in [1.54, 1.807) is 12.1 Å². The lowest BCUT2D eigenvalue weighted by atomic mass is 10.0. The number of ether oxygens (including phenoxy) is 1. The Labute approximate surface area is 89.4 Å². The fourth-order valence-corrected chi connectivity index (χ4v) is 1.80. The molecule has 3 atom stereocenters. The standard InChI is InChI=1S/C12H16FNO/c1-8-9(2)15-12(7-14-8)10-5-3-4-6-11(10)13/h3-6,8-9,12,14H,7H2,1-2H3. The number of hydrogen-bond acceptors (Lipinski definition) is 2. The molecular weight excluding hydrogens is 193 g/mol. The van der Waals surface area contributed by atoms with Gasteiger partial charge in [-0.05, 0) is 19.9 Å². The van der Waals surface area contributed by atoms with Crippen molar-refractivity contribution in [3.05, 3.63) is 35.6 Å². The summed E-state index contributed by atoms with van der Waals surface area (Å²) in [7, 11) is 0. The topological polar surface area (TPSA) is 21.3 Å². The summed E-state index contributed by atoms with van der Waals surface area (Å²) in [4.78, 5) is 0. The van der Waals surface area contributed by atoms with Crippen molar-refractivity contribution in [3.63, 3.8) is 0 Å². The zero-order valence-electron chi connectivity index (χ0n) is 9.03. The highest BCUT2D eigenvalue weighted by Crippen LogP contribution is 2.25. The lowest BCUT2D eigenvalue weighted by Gasteiger charge is -2.34. The molecule has 82 valence electrons. The normalized spacial score (nSPS) is 31.5. The molecular formula is C12H16FNO. The Balaban J connectivity index is 2.15. The van der Waals surface area contributed by atoms with E-state index in [1.165, 1.54) is 6.07 Å². The van der Waals surface area contributed by atoms with Crippen LogP contribution in [-0.4, -0.2) is 18.7 Å². The maximum Gasteiger partial charge on any atom is 0.129 e. The summed E-state index contributed by atoms with van der Waals surface area (Å²) in [5, 5.41) is 3.32. The first-order valence-corrected chi connectivity index (χ1v) is 5.31. The molecule has 0 spiro atoms. The molecule has 0 amide bonds. The van der Waals surface area contributed by atoms with Crippen LogP contribution in [0.5, 0.6) is 0 Å². The summed E-state index contributed by atoms with van der Waals surface area (Å²) in [6.07, 6.45) is -0.0549. The lowest BCUT2D eigenvalue weighted by Crippen LogP contribution is -2.46. The van der Waals surface area contributed by atoms with Crippen molar-refractivity contribution >= 4 is 0 Å². The second-order valence-corrected chi connectivity index (χ2v) is 4.05. The molecule has 0 aromatic heterocycles. The van der Waals surface area contributed by atoms with Gasteiger partial charge in [0.25, 0.3) is 0 Å². The monoisotopic (exact) mass is 209 g/mol. The van der Waals surface area contributed by atoms with Gasteiger partial charge in [0.05, 0.1) is 12.2 Å². The number of morpholine rings is 1. The van der Waals surface area contributed by atoms with E-state index in [4.69, 9.17) is 4.74 Å². The van der Waals surface area contributed by atoms with Crippen LogP contribution in [-0.2, 0) is 4.74 Å². The minimum absolute atomic E-state index is 0.114. The number of halogens is 1. The molecule has 1 saturated heterocycles. The third kappa shape index (κ3) is 2.19. The van der Waals surface area contributed by atoms with E-state index >= 15 is 0 Å². The van der Waals surface area contributed by atoms with Crippen LogP contribution >= 0.6 is 0 Å². The van der Waals surface area contributed by atoms with Crippen molar-refractivity contribution in [2.45, 2.75) is 32.1 Å². The Morgan fingerprint density at radius 2 is 2.07 bits per heavy atom. The first-order chi connectivity index (χ1) is 7.18. The Kier molecular flexibility index (Phi) is 3.03. The Bertz CT molecular complexity index is 342. The molecule has 1 heterocycles. The quantitative estimate of drug-likeness (QED) is 0.766. The SMILES string of the molecule is CC1NCC(c2ccccc2F)OC1C. The maximum absolute atomic E-state index is 13.5. The number of nitrogens with one attached hydrogen (secondary N) is 1. The van der Waals surface area contributed by atoms with Gasteiger partial charge in [-0.3, -0.25) is 0 Å². The van der Waals surface area contributed by atoms with Crippen molar-refractivity contribution in [1.82, 2.24) is 5.32 Å². The molecule has 0 radical (unpaired) electrons. The third-order valence-corrected chi connectivity index (χ3v) is 2.96. The van der Waals surface area contributed by atoms with Crippen LogP contribution in [0.2, 0.25) is 0 Å². The van der Waals surface area contributed by atoms with Gasteiger partial charge in [-0.1, -0.05) is 18.2 Å². The zero-order valence-corrected chi connectivity index (χ0v) is 9.03. The lowest BCUT2D eigenvalue weighted by molar-refractivity contribution is -0.0523. The molecule has 3 heteroatoms. The van der Waals surface area contributed by atoms with E-state index in [0.29, 0.717) is 18.2 Å². The molecule has 2 nitrogen and oxygen atoms in total. The van der Waals surface area contributed by atoms with Gasteiger partial charge >= 0.3 is 0 Å². The minimum Gasteiger partial charge on any atom is -0.368 e. The van der Waals surface area contributed by atoms with Crippen LogP contribution in [0.4, 0.5) is 4.39 Å². The zero-order chi connectivity index (χ0) is 10.8. The summed E-state index contributed by atoms with van der Waals surface area (Å²) in [6, 6.07) is 7.12. The van der Waals surface area contributed by atoms with Crippen LogP contribution in [0.15, 0.2) is 24.3 Å². The van der Waals surface area contributed by atoms with E-state index in [0.717, 1.165) is 0 Å². The fourth-order valence-electron chi connectivity index (χ4n) is 1.80. The second kappa shape index (κ2) is 4.29. The molecule has 0 bridgehead atoms. The van der Waals surface area contributed by atoms with Crippen LogP contribution in [0.25, 0.3) is 0 Å². The smallest absolute Gasteiger partial charge is 0.129 e. The highest BCUT2D eigenvalue weighted by atomic mass is 19.1. The van der Waals surface area contributed by atoms with E-state index in [-0.39, 0.29) is 18.0 Å². The molecule has 15 heavy (non-hydrogen) atoms. The number of rotatable bonds is 1. The molecule has 1 aromatic carbocycles. The van der Waals surface area contributed by atoms with Gasteiger partial charge in [0.2, 0.25) is 0 Å². The van der Waals surface area contributed by atoms with Gasteiger partial charge in [0.1, 0.15) is 5.82 Å². The average Bonchev–Trinajstić information content (AvgIpc) is 2.23. The van der Waals surface area contributed by atoms with Gasteiger partial charge in [-0.25, -0.2) is 4.39 Å². The van der Waals surface area contributed by atoms with Crippen LogP contribution < -0.4 is 5.32 Å². The molecule has 3 unspecified atom stereocenters. The highest BCUT2D eigenvalue weighted by molar-refractivity contribution is 5.20. The molecule has 1 fully saturated rings. The van der Waals surface area contributed by atoms with Gasteiger partial charge in [-0.2, -0.15) is 0 Å². The van der Waals surface area contributed by atoms with Crippen molar-refractivity contribution in [1.29, 1.82) is 0 Å². The van der Waals surface area contributed by atoms with Crippen LogP contribution in [0, 0.1) is 5.82 Å². The summed E-state index contributed by atoms with van der Waals surface area (Å²) < 4.78 is 19.3. The van der Waals surface area contributed by atoms with E-state index in [9.17, 15) is 4.39 Å². The largest absolute Gasteiger partial charge is 0.368 e. The van der Waals surface area contributed by atoms with Crippen molar-refractivity contribution in [2.24, 2.45) is 0 Å².